The van der Waals surface area contributed by atoms with Crippen molar-refractivity contribution in [2.24, 2.45) is 0 Å². The quantitative estimate of drug-likeness (QED) is 0.501. The summed E-state index contributed by atoms with van der Waals surface area (Å²) in [5.41, 5.74) is 4.42. The van der Waals surface area contributed by atoms with Crippen molar-refractivity contribution >= 4 is 33.9 Å². The molecule has 2 aromatic carbocycles. The van der Waals surface area contributed by atoms with Crippen molar-refractivity contribution in [3.05, 3.63) is 69.5 Å². The molecule has 0 spiro atoms. The molecule has 3 rings (SSSR count). The Balaban J connectivity index is 1.86. The van der Waals surface area contributed by atoms with Crippen LogP contribution in [0.3, 0.4) is 0 Å². The second-order valence-electron chi connectivity index (χ2n) is 7.31. The molecule has 0 atom stereocenters. The Morgan fingerprint density at radius 2 is 1.97 bits per heavy atom. The third kappa shape index (κ3) is 5.17. The number of aryl methyl sites for hydroxylation is 2. The number of benzene rings is 2. The van der Waals surface area contributed by atoms with Crippen molar-refractivity contribution in [2.45, 2.75) is 26.8 Å². The third-order valence-corrected chi connectivity index (χ3v) is 5.45. The lowest BCUT2D eigenvalue weighted by Crippen LogP contribution is -2.37. The predicted molar refractivity (Wildman–Crippen MR) is 125 cm³/mol. The van der Waals surface area contributed by atoms with Crippen LogP contribution in [-0.4, -0.2) is 40.4 Å². The molecule has 0 radical (unpaired) electrons. The van der Waals surface area contributed by atoms with E-state index in [1.807, 2.05) is 48.2 Å². The van der Waals surface area contributed by atoms with Gasteiger partial charge in [0.25, 0.3) is 5.56 Å². The van der Waals surface area contributed by atoms with E-state index < -0.39 is 0 Å². The number of aliphatic hydroxyl groups is 1. The average Bonchev–Trinajstić information content (AvgIpc) is 2.73. The molecule has 6 nitrogen and oxygen atoms in total. The van der Waals surface area contributed by atoms with Gasteiger partial charge in [-0.1, -0.05) is 6.07 Å². The van der Waals surface area contributed by atoms with Crippen LogP contribution in [0, 0.1) is 13.8 Å². The number of ether oxygens (including phenoxy) is 1. The number of thiocarbonyl (C=S) groups is 1. The van der Waals surface area contributed by atoms with E-state index in [0.717, 1.165) is 27.9 Å². The van der Waals surface area contributed by atoms with E-state index in [1.54, 1.807) is 7.11 Å². The van der Waals surface area contributed by atoms with Crippen LogP contribution in [0.2, 0.25) is 0 Å². The number of aliphatic hydroxyl groups excluding tert-OH is 1. The van der Waals surface area contributed by atoms with E-state index in [-0.39, 0.29) is 12.2 Å². The van der Waals surface area contributed by atoms with Crippen LogP contribution in [0.4, 0.5) is 5.69 Å². The average molecular weight is 426 g/mol. The second-order valence-corrected chi connectivity index (χ2v) is 7.69. The van der Waals surface area contributed by atoms with Crippen LogP contribution < -0.4 is 15.6 Å². The molecule has 0 bridgehead atoms. The number of nitrogens with one attached hydrogen (secondary N) is 2. The van der Waals surface area contributed by atoms with E-state index >= 15 is 0 Å². The summed E-state index contributed by atoms with van der Waals surface area (Å²) >= 11 is 5.61. The fourth-order valence-corrected chi connectivity index (χ4v) is 3.54. The number of nitrogens with zero attached hydrogens (tertiary/aromatic N) is 1. The number of aromatic nitrogens is 1. The molecular weight excluding hydrogens is 398 g/mol. The third-order valence-electron chi connectivity index (χ3n) is 5.09. The van der Waals surface area contributed by atoms with Crippen molar-refractivity contribution in [1.82, 2.24) is 9.88 Å². The van der Waals surface area contributed by atoms with Gasteiger partial charge in [0.05, 0.1) is 13.7 Å². The fraction of sp³-hybridized carbons (Fsp3) is 0.304. The lowest BCUT2D eigenvalue weighted by atomic mass is 10.0. The Bertz CT molecular complexity index is 1110. The van der Waals surface area contributed by atoms with Gasteiger partial charge in [0.2, 0.25) is 0 Å². The first-order valence-electron chi connectivity index (χ1n) is 9.85. The minimum atomic E-state index is -0.135. The molecule has 7 heteroatoms. The molecule has 0 aliphatic heterocycles. The molecule has 0 aliphatic carbocycles. The molecular formula is C23H27N3O3S. The van der Waals surface area contributed by atoms with Crippen LogP contribution >= 0.6 is 12.2 Å². The van der Waals surface area contributed by atoms with Crippen molar-refractivity contribution in [3.63, 3.8) is 0 Å². The first-order valence-corrected chi connectivity index (χ1v) is 10.3. The monoisotopic (exact) mass is 425 g/mol. The molecule has 0 aliphatic rings. The first kappa shape index (κ1) is 21.8. The van der Waals surface area contributed by atoms with Crippen molar-refractivity contribution in [3.8, 4) is 5.75 Å². The number of hydrogen-bond acceptors (Lipinski definition) is 4. The van der Waals surface area contributed by atoms with Crippen LogP contribution in [0.1, 0.15) is 23.1 Å². The van der Waals surface area contributed by atoms with Gasteiger partial charge in [0, 0.05) is 36.0 Å². The Morgan fingerprint density at radius 1 is 1.20 bits per heavy atom. The molecule has 0 unspecified atom stereocenters. The molecule has 158 valence electrons. The molecule has 0 saturated heterocycles. The number of anilines is 1. The lowest BCUT2D eigenvalue weighted by Gasteiger charge is -2.26. The number of H-pyrrole nitrogens is 1. The normalized spacial score (nSPS) is 10.8. The van der Waals surface area contributed by atoms with Crippen LogP contribution in [0.25, 0.3) is 10.9 Å². The summed E-state index contributed by atoms with van der Waals surface area (Å²) in [6, 6.07) is 13.5. The summed E-state index contributed by atoms with van der Waals surface area (Å²) in [5, 5.41) is 14.0. The molecule has 3 aromatic rings. The molecule has 30 heavy (non-hydrogen) atoms. The van der Waals surface area contributed by atoms with Gasteiger partial charge in [0.15, 0.2) is 5.11 Å². The summed E-state index contributed by atoms with van der Waals surface area (Å²) in [4.78, 5) is 17.6. The molecule has 0 amide bonds. The summed E-state index contributed by atoms with van der Waals surface area (Å²) < 4.78 is 5.26. The maximum absolute atomic E-state index is 12.7. The number of fused-ring (bicyclic) bond motifs is 1. The first-order chi connectivity index (χ1) is 14.4. The fourth-order valence-electron chi connectivity index (χ4n) is 3.26. The number of aromatic amines is 1. The van der Waals surface area contributed by atoms with Crippen molar-refractivity contribution in [2.75, 3.05) is 25.6 Å². The summed E-state index contributed by atoms with van der Waals surface area (Å²) in [6.07, 6.45) is 0.545. The molecule has 3 N–H and O–H groups in total. The molecule has 1 heterocycles. The highest BCUT2D eigenvalue weighted by Crippen LogP contribution is 2.19. The van der Waals surface area contributed by atoms with Gasteiger partial charge >= 0.3 is 0 Å². The largest absolute Gasteiger partial charge is 0.497 e. The van der Waals surface area contributed by atoms with Gasteiger partial charge in [-0.3, -0.25) is 4.79 Å². The zero-order chi connectivity index (χ0) is 21.7. The maximum atomic E-state index is 12.7. The van der Waals surface area contributed by atoms with Crippen LogP contribution in [0.5, 0.6) is 5.75 Å². The SMILES string of the molecule is COc1cccc(NC(=S)N(CCCO)Cc2cc3cc(C)c(C)cc3[nH]c2=O)c1. The predicted octanol–water partition coefficient (Wildman–Crippen LogP) is 3.73. The zero-order valence-electron chi connectivity index (χ0n) is 17.5. The van der Waals surface area contributed by atoms with Gasteiger partial charge in [-0.2, -0.15) is 0 Å². The summed E-state index contributed by atoms with van der Waals surface area (Å²) in [5.74, 6) is 0.723. The highest BCUT2D eigenvalue weighted by molar-refractivity contribution is 7.80. The lowest BCUT2D eigenvalue weighted by molar-refractivity contribution is 0.266. The highest BCUT2D eigenvalue weighted by Gasteiger charge is 2.14. The second kappa shape index (κ2) is 9.73. The van der Waals surface area contributed by atoms with Crippen molar-refractivity contribution in [1.29, 1.82) is 0 Å². The van der Waals surface area contributed by atoms with Crippen LogP contribution in [0.15, 0.2) is 47.3 Å². The Morgan fingerprint density at radius 3 is 2.70 bits per heavy atom. The molecule has 0 saturated carbocycles. The number of rotatable bonds is 7. The summed E-state index contributed by atoms with van der Waals surface area (Å²) in [7, 11) is 1.61. The van der Waals surface area contributed by atoms with Gasteiger partial charge in [-0.05, 0) is 79.3 Å². The smallest absolute Gasteiger partial charge is 0.253 e. The minimum absolute atomic E-state index is 0.0465. The Kier molecular flexibility index (Phi) is 7.07. The standard InChI is InChI=1S/C23H27N3O3S/c1-15-10-17-12-18(22(28)25-21(17)11-16(15)2)14-26(8-5-9-27)23(30)24-19-6-4-7-20(13-19)29-3/h4,6-7,10-13,27H,5,8-9,14H2,1-3H3,(H,24,30)(H,25,28). The number of hydrogen-bond donors (Lipinski definition) is 3. The van der Waals surface area contributed by atoms with Gasteiger partial charge < -0.3 is 25.0 Å². The van der Waals surface area contributed by atoms with E-state index in [0.29, 0.717) is 30.2 Å². The van der Waals surface area contributed by atoms with E-state index in [2.05, 4.69) is 23.3 Å². The Hall–Kier alpha value is -2.90. The van der Waals surface area contributed by atoms with E-state index in [1.165, 1.54) is 5.56 Å². The van der Waals surface area contributed by atoms with E-state index in [4.69, 9.17) is 17.0 Å². The summed E-state index contributed by atoms with van der Waals surface area (Å²) in [6.45, 7) is 5.00. The topological polar surface area (TPSA) is 77.6 Å². The van der Waals surface area contributed by atoms with Crippen molar-refractivity contribution < 1.29 is 9.84 Å². The molecule has 0 fully saturated rings. The number of methoxy groups -OCH3 is 1. The van der Waals surface area contributed by atoms with Gasteiger partial charge in [0.1, 0.15) is 5.75 Å². The minimum Gasteiger partial charge on any atom is -0.497 e. The van der Waals surface area contributed by atoms with Gasteiger partial charge in [-0.25, -0.2) is 0 Å². The van der Waals surface area contributed by atoms with E-state index in [9.17, 15) is 9.90 Å². The zero-order valence-corrected chi connectivity index (χ0v) is 18.3. The van der Waals surface area contributed by atoms with Crippen LogP contribution in [-0.2, 0) is 6.54 Å². The molecule has 1 aromatic heterocycles. The highest BCUT2D eigenvalue weighted by atomic mass is 32.1. The number of pyridine rings is 1. The maximum Gasteiger partial charge on any atom is 0.253 e. The Labute approximate surface area is 181 Å². The van der Waals surface area contributed by atoms with Gasteiger partial charge in [-0.15, -0.1) is 0 Å².